The minimum Gasteiger partial charge on any atom is -0.398 e. The Hall–Kier alpha value is -1.12. The van der Waals surface area contributed by atoms with E-state index in [1.54, 1.807) is 6.07 Å². The predicted molar refractivity (Wildman–Crippen MR) is 82.3 cm³/mol. The first-order chi connectivity index (χ1) is 9.76. The highest BCUT2D eigenvalue weighted by molar-refractivity contribution is 7.91. The fourth-order valence-corrected chi connectivity index (χ4v) is 5.26. The minimum atomic E-state index is -3.69. The number of aryl methyl sites for hydroxylation is 1. The second-order valence-corrected chi connectivity index (χ2v) is 9.37. The highest BCUT2D eigenvalue weighted by atomic mass is 32.2. The predicted octanol–water partition coefficient (Wildman–Crippen LogP) is 0.640. The van der Waals surface area contributed by atoms with E-state index in [1.807, 2.05) is 6.92 Å². The number of hydrogen-bond acceptors (Lipinski definition) is 5. The van der Waals surface area contributed by atoms with Gasteiger partial charge < -0.3 is 5.73 Å². The van der Waals surface area contributed by atoms with Crippen LogP contribution in [0.4, 0.5) is 5.69 Å². The Morgan fingerprint density at radius 2 is 1.95 bits per heavy atom. The fourth-order valence-electron chi connectivity index (χ4n) is 2.36. The molecule has 1 heterocycles. The van der Waals surface area contributed by atoms with Crippen LogP contribution >= 0.6 is 0 Å². The van der Waals surface area contributed by atoms with Crippen molar-refractivity contribution in [2.75, 3.05) is 30.3 Å². The summed E-state index contributed by atoms with van der Waals surface area (Å²) in [5.41, 5.74) is 7.19. The monoisotopic (exact) mass is 332 g/mol. The SMILES string of the molecule is CCc1ccc(S(=O)(=O)N2CCCS(=O)(=O)CC2)cc1N. The quantitative estimate of drug-likeness (QED) is 0.819. The first kappa shape index (κ1) is 16.3. The number of nitrogens with zero attached hydrogens (tertiary/aromatic N) is 1. The lowest BCUT2D eigenvalue weighted by atomic mass is 10.1. The molecule has 2 N–H and O–H groups in total. The standard InChI is InChI=1S/C13H20N2O4S2/c1-2-11-4-5-12(10-13(11)14)21(18,19)15-6-3-8-20(16,17)9-7-15/h4-5,10H,2-3,6-9,14H2,1H3. The largest absolute Gasteiger partial charge is 0.398 e. The van der Waals surface area contributed by atoms with Crippen molar-refractivity contribution in [3.8, 4) is 0 Å². The van der Waals surface area contributed by atoms with E-state index in [4.69, 9.17) is 5.73 Å². The number of sulfone groups is 1. The lowest BCUT2D eigenvalue weighted by Crippen LogP contribution is -2.33. The fraction of sp³-hybridized carbons (Fsp3) is 0.538. The Morgan fingerprint density at radius 1 is 1.24 bits per heavy atom. The van der Waals surface area contributed by atoms with Crippen LogP contribution in [0.15, 0.2) is 23.1 Å². The summed E-state index contributed by atoms with van der Waals surface area (Å²) in [6.45, 7) is 2.16. The number of sulfonamides is 1. The van der Waals surface area contributed by atoms with Gasteiger partial charge in [0.15, 0.2) is 9.84 Å². The van der Waals surface area contributed by atoms with Gasteiger partial charge in [0.1, 0.15) is 0 Å². The Balaban J connectivity index is 2.31. The van der Waals surface area contributed by atoms with Gasteiger partial charge >= 0.3 is 0 Å². The van der Waals surface area contributed by atoms with E-state index in [9.17, 15) is 16.8 Å². The highest BCUT2D eigenvalue weighted by Crippen LogP contribution is 2.23. The van der Waals surface area contributed by atoms with Crippen LogP contribution < -0.4 is 5.73 Å². The van der Waals surface area contributed by atoms with E-state index in [0.29, 0.717) is 12.1 Å². The van der Waals surface area contributed by atoms with E-state index in [0.717, 1.165) is 12.0 Å². The Bertz CT molecular complexity index is 727. The van der Waals surface area contributed by atoms with E-state index in [2.05, 4.69) is 0 Å². The first-order valence-electron chi connectivity index (χ1n) is 6.85. The van der Waals surface area contributed by atoms with Crippen LogP contribution in [0.5, 0.6) is 0 Å². The zero-order chi connectivity index (χ0) is 15.7. The molecule has 0 aromatic heterocycles. The molecule has 0 bridgehead atoms. The van der Waals surface area contributed by atoms with E-state index in [-0.39, 0.29) is 29.5 Å². The van der Waals surface area contributed by atoms with Gasteiger partial charge in [0.05, 0.1) is 16.4 Å². The summed E-state index contributed by atoms with van der Waals surface area (Å²) >= 11 is 0. The molecule has 21 heavy (non-hydrogen) atoms. The third-order valence-electron chi connectivity index (χ3n) is 3.65. The highest BCUT2D eigenvalue weighted by Gasteiger charge is 2.29. The summed E-state index contributed by atoms with van der Waals surface area (Å²) in [5.74, 6) is -0.0926. The average molecular weight is 332 g/mol. The van der Waals surface area contributed by atoms with E-state index >= 15 is 0 Å². The maximum atomic E-state index is 12.6. The second-order valence-electron chi connectivity index (χ2n) is 5.12. The van der Waals surface area contributed by atoms with Gasteiger partial charge in [-0.1, -0.05) is 13.0 Å². The molecule has 0 unspecified atom stereocenters. The molecule has 1 aromatic rings. The number of benzene rings is 1. The molecule has 0 saturated carbocycles. The van der Waals surface area contributed by atoms with Gasteiger partial charge in [-0.25, -0.2) is 16.8 Å². The molecule has 6 nitrogen and oxygen atoms in total. The number of anilines is 1. The third kappa shape index (κ3) is 3.56. The summed E-state index contributed by atoms with van der Waals surface area (Å²) in [4.78, 5) is 0.122. The third-order valence-corrected chi connectivity index (χ3v) is 7.26. The van der Waals surface area contributed by atoms with Crippen LogP contribution in [-0.4, -0.2) is 45.7 Å². The summed E-state index contributed by atoms with van der Waals surface area (Å²) in [7, 11) is -6.84. The van der Waals surface area contributed by atoms with Crippen molar-refractivity contribution in [2.45, 2.75) is 24.7 Å². The summed E-state index contributed by atoms with van der Waals surface area (Å²) in [6.07, 6.45) is 1.05. The first-order valence-corrected chi connectivity index (χ1v) is 10.1. The van der Waals surface area contributed by atoms with Crippen LogP contribution in [-0.2, 0) is 26.3 Å². The maximum Gasteiger partial charge on any atom is 0.243 e. The van der Waals surface area contributed by atoms with E-state index in [1.165, 1.54) is 16.4 Å². The Morgan fingerprint density at radius 3 is 2.57 bits per heavy atom. The molecule has 8 heteroatoms. The number of nitrogens with two attached hydrogens (primary N) is 1. The van der Waals surface area contributed by atoms with Crippen molar-refractivity contribution in [2.24, 2.45) is 0 Å². The lowest BCUT2D eigenvalue weighted by Gasteiger charge is -2.20. The molecule has 1 fully saturated rings. The van der Waals surface area contributed by atoms with Gasteiger partial charge in [-0.3, -0.25) is 0 Å². The second kappa shape index (κ2) is 5.94. The van der Waals surface area contributed by atoms with Crippen LogP contribution in [0.2, 0.25) is 0 Å². The van der Waals surface area contributed by atoms with Crippen LogP contribution in [0, 0.1) is 0 Å². The molecule has 0 radical (unpaired) electrons. The zero-order valence-electron chi connectivity index (χ0n) is 11.9. The van der Waals surface area contributed by atoms with Crippen molar-refractivity contribution in [3.63, 3.8) is 0 Å². The van der Waals surface area contributed by atoms with Crippen LogP contribution in [0.25, 0.3) is 0 Å². The smallest absolute Gasteiger partial charge is 0.243 e. The average Bonchev–Trinajstić information content (AvgIpc) is 2.60. The normalized spacial score (nSPS) is 20.0. The lowest BCUT2D eigenvalue weighted by molar-refractivity contribution is 0.434. The molecule has 0 aliphatic carbocycles. The van der Waals surface area contributed by atoms with Crippen molar-refractivity contribution >= 4 is 25.5 Å². The van der Waals surface area contributed by atoms with Gasteiger partial charge in [-0.2, -0.15) is 4.31 Å². The van der Waals surface area contributed by atoms with Gasteiger partial charge in [0, 0.05) is 18.8 Å². The van der Waals surface area contributed by atoms with Gasteiger partial charge in [0.2, 0.25) is 10.0 Å². The molecule has 1 aromatic carbocycles. The van der Waals surface area contributed by atoms with Gasteiger partial charge in [0.25, 0.3) is 0 Å². The van der Waals surface area contributed by atoms with Gasteiger partial charge in [-0.15, -0.1) is 0 Å². The molecule has 0 spiro atoms. The molecule has 1 aliphatic rings. The molecule has 1 saturated heterocycles. The van der Waals surface area contributed by atoms with Crippen LogP contribution in [0.1, 0.15) is 18.9 Å². The minimum absolute atomic E-state index is 0.0000998. The van der Waals surface area contributed by atoms with Crippen molar-refractivity contribution < 1.29 is 16.8 Å². The molecule has 118 valence electrons. The number of rotatable bonds is 3. The molecular formula is C13H20N2O4S2. The van der Waals surface area contributed by atoms with E-state index < -0.39 is 19.9 Å². The van der Waals surface area contributed by atoms with Crippen molar-refractivity contribution in [1.82, 2.24) is 4.31 Å². The summed E-state index contributed by atoms with van der Waals surface area (Å²) < 4.78 is 49.5. The summed E-state index contributed by atoms with van der Waals surface area (Å²) in [6, 6.07) is 4.69. The molecular weight excluding hydrogens is 312 g/mol. The maximum absolute atomic E-state index is 12.6. The summed E-state index contributed by atoms with van der Waals surface area (Å²) in [5, 5.41) is 0. The molecule has 0 atom stereocenters. The topological polar surface area (TPSA) is 97.5 Å². The zero-order valence-corrected chi connectivity index (χ0v) is 13.6. The van der Waals surface area contributed by atoms with Crippen molar-refractivity contribution in [3.05, 3.63) is 23.8 Å². The molecule has 1 aliphatic heterocycles. The Labute approximate surface area is 125 Å². The number of nitrogen functional groups attached to an aromatic ring is 1. The Kier molecular flexibility index (Phi) is 4.60. The molecule has 0 amide bonds. The van der Waals surface area contributed by atoms with Crippen LogP contribution in [0.3, 0.4) is 0 Å². The number of hydrogen-bond donors (Lipinski definition) is 1. The van der Waals surface area contributed by atoms with Crippen molar-refractivity contribution in [1.29, 1.82) is 0 Å². The molecule has 2 rings (SSSR count). The van der Waals surface area contributed by atoms with Gasteiger partial charge in [-0.05, 0) is 30.5 Å².